The normalized spacial score (nSPS) is 12.1. The van der Waals surface area contributed by atoms with Gasteiger partial charge in [0.15, 0.2) is 0 Å². The Morgan fingerprint density at radius 3 is 1.65 bits per heavy atom. The molecule has 0 aliphatic rings. The van der Waals surface area contributed by atoms with E-state index in [9.17, 15) is 14.4 Å². The van der Waals surface area contributed by atoms with Crippen LogP contribution in [-0.4, -0.2) is 6.10 Å². The third-order valence-electron chi connectivity index (χ3n) is 5.63. The number of rotatable bonds is 18. The molecular formula is C24H41K2O4P. The fraction of sp³-hybridized carbons (Fsp3) is 0.750. The number of unbranched alkanes of at least 4 members (excludes halogenated alkanes) is 12. The zero-order valence-electron chi connectivity index (χ0n) is 20.6. The van der Waals surface area contributed by atoms with Gasteiger partial charge in [-0.25, -0.2) is 0 Å². The van der Waals surface area contributed by atoms with Crippen LogP contribution in [0.2, 0.25) is 0 Å². The average molecular weight is 503 g/mol. The molecule has 1 rings (SSSR count). The number of phosphoric acid groups is 1. The van der Waals surface area contributed by atoms with Crippen LogP contribution in [0.1, 0.15) is 108 Å². The van der Waals surface area contributed by atoms with Gasteiger partial charge in [-0.15, -0.1) is 0 Å². The first kappa shape index (κ1) is 35.8. The summed E-state index contributed by atoms with van der Waals surface area (Å²) in [5.41, 5.74) is 2.93. The van der Waals surface area contributed by atoms with E-state index in [2.05, 4.69) is 35.7 Å². The third kappa shape index (κ3) is 22.8. The fourth-order valence-electron chi connectivity index (χ4n) is 3.86. The molecule has 168 valence electrons. The molecule has 1 atom stereocenters. The molecule has 0 radical (unpaired) electrons. The van der Waals surface area contributed by atoms with E-state index >= 15 is 0 Å². The van der Waals surface area contributed by atoms with Crippen LogP contribution in [0.4, 0.5) is 0 Å². The summed E-state index contributed by atoms with van der Waals surface area (Å²) < 4.78 is 14.9. The third-order valence-corrected chi connectivity index (χ3v) is 6.25. The number of hydrogen-bond acceptors (Lipinski definition) is 4. The minimum atomic E-state index is -4.82. The van der Waals surface area contributed by atoms with Gasteiger partial charge >= 0.3 is 103 Å². The Morgan fingerprint density at radius 2 is 1.19 bits per heavy atom. The molecule has 0 aliphatic carbocycles. The molecule has 0 spiro atoms. The molecule has 1 unspecified atom stereocenters. The van der Waals surface area contributed by atoms with E-state index in [1.807, 2.05) is 0 Å². The SMILES string of the molecule is Cc1ccccc1CCCCCCCCCCCCCCCC(C)OP(=O)([O-])[O-].[K+].[K+]. The standard InChI is InChI=1S/C24H43O4P.2K/c1-22-18-16-17-21-24(22)20-15-13-11-9-7-5-3-4-6-8-10-12-14-19-23(2)28-29(25,26)27;;/h16-18,21,23H,3-15,19-20H2,1-2H3,(H2,25,26,27);;/q;2*+1/p-2. The van der Waals surface area contributed by atoms with Gasteiger partial charge in [0.05, 0.1) is 13.9 Å². The number of aryl methyl sites for hydroxylation is 2. The summed E-state index contributed by atoms with van der Waals surface area (Å²) in [5.74, 6) is 0. The maximum atomic E-state index is 10.5. The van der Waals surface area contributed by atoms with Gasteiger partial charge in [0, 0.05) is 0 Å². The Balaban J connectivity index is 0. The predicted molar refractivity (Wildman–Crippen MR) is 118 cm³/mol. The van der Waals surface area contributed by atoms with E-state index in [-0.39, 0.29) is 103 Å². The molecule has 0 aliphatic heterocycles. The van der Waals surface area contributed by atoms with Gasteiger partial charge in [-0.3, -0.25) is 0 Å². The molecule has 0 fully saturated rings. The number of phosphoric ester groups is 1. The topological polar surface area (TPSA) is 72.4 Å². The molecule has 0 heterocycles. The van der Waals surface area contributed by atoms with Crippen molar-refractivity contribution in [3.05, 3.63) is 35.4 Å². The smallest absolute Gasteiger partial charge is 0.790 e. The minimum Gasteiger partial charge on any atom is -0.790 e. The average Bonchev–Trinajstić information content (AvgIpc) is 2.64. The Kier molecular flexibility index (Phi) is 26.6. The molecule has 0 N–H and O–H groups in total. The Morgan fingerprint density at radius 1 is 0.774 bits per heavy atom. The van der Waals surface area contributed by atoms with Crippen molar-refractivity contribution in [3.8, 4) is 0 Å². The van der Waals surface area contributed by atoms with Crippen LogP contribution in [0.3, 0.4) is 0 Å². The minimum absolute atomic E-state index is 0. The first-order valence-corrected chi connectivity index (χ1v) is 13.1. The van der Waals surface area contributed by atoms with Gasteiger partial charge in [-0.2, -0.15) is 0 Å². The molecule has 4 nitrogen and oxygen atoms in total. The molecule has 1 aromatic rings. The van der Waals surface area contributed by atoms with Crippen LogP contribution < -0.4 is 113 Å². The summed E-state index contributed by atoms with van der Waals surface area (Å²) in [5, 5.41) is 0. The van der Waals surface area contributed by atoms with Crippen LogP contribution in [0.5, 0.6) is 0 Å². The van der Waals surface area contributed by atoms with Crippen molar-refractivity contribution in [2.75, 3.05) is 0 Å². The molecule has 1 aromatic carbocycles. The quantitative estimate of drug-likeness (QED) is 0.164. The van der Waals surface area contributed by atoms with Crippen LogP contribution in [0.25, 0.3) is 0 Å². The second-order valence-corrected chi connectivity index (χ2v) is 9.53. The van der Waals surface area contributed by atoms with Crippen molar-refractivity contribution >= 4 is 7.82 Å². The van der Waals surface area contributed by atoms with E-state index in [0.29, 0.717) is 6.42 Å². The van der Waals surface area contributed by atoms with E-state index in [0.717, 1.165) is 12.8 Å². The van der Waals surface area contributed by atoms with Crippen LogP contribution in [0.15, 0.2) is 24.3 Å². The van der Waals surface area contributed by atoms with Crippen molar-refractivity contribution in [3.63, 3.8) is 0 Å². The van der Waals surface area contributed by atoms with E-state index < -0.39 is 13.9 Å². The molecule has 0 saturated carbocycles. The maximum Gasteiger partial charge on any atom is 1.00 e. The van der Waals surface area contributed by atoms with E-state index in [1.165, 1.54) is 88.2 Å². The summed E-state index contributed by atoms with van der Waals surface area (Å²) in [7, 11) is -4.82. The van der Waals surface area contributed by atoms with Crippen molar-refractivity contribution in [2.24, 2.45) is 0 Å². The van der Waals surface area contributed by atoms with Crippen LogP contribution in [-0.2, 0) is 15.5 Å². The summed E-state index contributed by atoms with van der Waals surface area (Å²) in [4.78, 5) is 21.0. The Labute approximate surface area is 276 Å². The zero-order valence-corrected chi connectivity index (χ0v) is 27.7. The number of hydrogen-bond donors (Lipinski definition) is 0. The zero-order chi connectivity index (χ0) is 21.4. The largest absolute Gasteiger partial charge is 1.00 e. The summed E-state index contributed by atoms with van der Waals surface area (Å²) in [6.45, 7) is 3.85. The molecule has 0 saturated heterocycles. The first-order valence-electron chi connectivity index (χ1n) is 11.6. The van der Waals surface area contributed by atoms with Crippen molar-refractivity contribution < 1.29 is 122 Å². The van der Waals surface area contributed by atoms with Crippen molar-refractivity contribution in [1.29, 1.82) is 0 Å². The second-order valence-electron chi connectivity index (χ2n) is 8.42. The molecule has 31 heavy (non-hydrogen) atoms. The van der Waals surface area contributed by atoms with Crippen molar-refractivity contribution in [2.45, 2.75) is 116 Å². The van der Waals surface area contributed by atoms with E-state index in [1.54, 1.807) is 6.92 Å². The monoisotopic (exact) mass is 502 g/mol. The van der Waals surface area contributed by atoms with Crippen molar-refractivity contribution in [1.82, 2.24) is 0 Å². The van der Waals surface area contributed by atoms with Gasteiger partial charge < -0.3 is 18.9 Å². The van der Waals surface area contributed by atoms with Crippen LogP contribution in [0, 0.1) is 6.92 Å². The molecule has 7 heteroatoms. The number of benzene rings is 1. The molecule has 0 aromatic heterocycles. The van der Waals surface area contributed by atoms with Gasteiger partial charge in [0.2, 0.25) is 0 Å². The summed E-state index contributed by atoms with van der Waals surface area (Å²) in [6.07, 6.45) is 17.9. The molecule has 0 bridgehead atoms. The maximum absolute atomic E-state index is 10.5. The first-order chi connectivity index (χ1) is 13.9. The van der Waals surface area contributed by atoms with Gasteiger partial charge in [-0.05, 0) is 44.2 Å². The Bertz CT molecular complexity index is 580. The van der Waals surface area contributed by atoms with Crippen LogP contribution >= 0.6 is 7.82 Å². The summed E-state index contributed by atoms with van der Waals surface area (Å²) in [6, 6.07) is 8.72. The van der Waals surface area contributed by atoms with Gasteiger partial charge in [0.25, 0.3) is 0 Å². The molecular weight excluding hydrogens is 461 g/mol. The predicted octanol–water partition coefficient (Wildman–Crippen LogP) is 0.241. The van der Waals surface area contributed by atoms with Gasteiger partial charge in [-0.1, -0.05) is 101 Å². The van der Waals surface area contributed by atoms with E-state index in [4.69, 9.17) is 0 Å². The molecule has 0 amide bonds. The van der Waals surface area contributed by atoms with Gasteiger partial charge in [0.1, 0.15) is 0 Å². The second kappa shape index (κ2) is 23.0. The fourth-order valence-corrected chi connectivity index (χ4v) is 4.40. The Hall–Kier alpha value is 2.60. The summed E-state index contributed by atoms with van der Waals surface area (Å²) >= 11 is 0.